The summed E-state index contributed by atoms with van der Waals surface area (Å²) < 4.78 is 0. The van der Waals surface area contributed by atoms with E-state index in [1.54, 1.807) is 33.7 Å². The Labute approximate surface area is 181 Å². The molecule has 0 saturated carbocycles. The van der Waals surface area contributed by atoms with Crippen molar-refractivity contribution in [3.05, 3.63) is 59.7 Å². The van der Waals surface area contributed by atoms with Crippen molar-refractivity contribution < 1.29 is 14.4 Å². The first-order valence-electron chi connectivity index (χ1n) is 10.5. The summed E-state index contributed by atoms with van der Waals surface area (Å²) >= 11 is 1.57. The molecule has 2 amide bonds. The molecule has 156 valence electrons. The molecular formula is C24H26N2O3S. The lowest BCUT2D eigenvalue weighted by molar-refractivity contribution is -0.117. The molecule has 1 atom stereocenters. The molecule has 2 saturated heterocycles. The van der Waals surface area contributed by atoms with Crippen LogP contribution >= 0.6 is 11.8 Å². The van der Waals surface area contributed by atoms with Gasteiger partial charge in [0.05, 0.1) is 0 Å². The molecule has 6 heteroatoms. The first kappa shape index (κ1) is 20.7. The minimum absolute atomic E-state index is 0.0702. The number of benzene rings is 2. The zero-order valence-corrected chi connectivity index (χ0v) is 18.0. The number of hydrogen-bond donors (Lipinski definition) is 0. The van der Waals surface area contributed by atoms with Gasteiger partial charge in [-0.05, 0) is 49.8 Å². The van der Waals surface area contributed by atoms with E-state index in [1.807, 2.05) is 42.7 Å². The van der Waals surface area contributed by atoms with Crippen molar-refractivity contribution in [2.24, 2.45) is 5.92 Å². The summed E-state index contributed by atoms with van der Waals surface area (Å²) in [6, 6.07) is 15.0. The highest BCUT2D eigenvalue weighted by Crippen LogP contribution is 2.28. The van der Waals surface area contributed by atoms with Crippen LogP contribution in [-0.2, 0) is 4.79 Å². The van der Waals surface area contributed by atoms with Gasteiger partial charge in [0.1, 0.15) is 0 Å². The third kappa shape index (κ3) is 4.15. The number of nitrogens with zero attached hydrogens (tertiary/aromatic N) is 2. The Bertz CT molecular complexity index is 974. The van der Waals surface area contributed by atoms with E-state index in [0.717, 1.165) is 35.4 Å². The van der Waals surface area contributed by atoms with Crippen molar-refractivity contribution >= 4 is 35.0 Å². The van der Waals surface area contributed by atoms with E-state index in [0.29, 0.717) is 31.6 Å². The Hall–Kier alpha value is -2.60. The third-order valence-electron chi connectivity index (χ3n) is 5.93. The van der Waals surface area contributed by atoms with E-state index in [4.69, 9.17) is 0 Å². The van der Waals surface area contributed by atoms with Crippen LogP contribution in [0.2, 0.25) is 0 Å². The van der Waals surface area contributed by atoms with Crippen LogP contribution in [0.25, 0.3) is 0 Å². The van der Waals surface area contributed by atoms with E-state index < -0.39 is 0 Å². The molecule has 0 aromatic heterocycles. The van der Waals surface area contributed by atoms with Crippen LogP contribution in [0.1, 0.15) is 46.4 Å². The van der Waals surface area contributed by atoms with E-state index in [9.17, 15) is 14.4 Å². The zero-order valence-electron chi connectivity index (χ0n) is 17.2. The molecule has 0 bridgehead atoms. The van der Waals surface area contributed by atoms with Gasteiger partial charge in [-0.2, -0.15) is 0 Å². The lowest BCUT2D eigenvalue weighted by atomic mass is 9.89. The fraction of sp³-hybridized carbons (Fsp3) is 0.375. The number of rotatable bonds is 5. The van der Waals surface area contributed by atoms with Gasteiger partial charge in [-0.15, -0.1) is 11.8 Å². The molecule has 0 aliphatic carbocycles. The standard InChI is InChI=1S/C24H26N2O3S/c1-30-21-11-3-2-10-20(21)23(28)18-8-5-13-25(16-18)24(29)17-7-4-9-19(15-17)26-14-6-12-22(26)27/h2-4,7,9-11,15,18H,5-6,8,12-14,16H2,1H3/t18-/m0/s1. The summed E-state index contributed by atoms with van der Waals surface area (Å²) in [5, 5.41) is 0. The number of Topliss-reactive ketones (excluding diaryl/α,β-unsaturated/α-hetero) is 1. The van der Waals surface area contributed by atoms with Crippen molar-refractivity contribution in [1.82, 2.24) is 4.90 Å². The highest BCUT2D eigenvalue weighted by Gasteiger charge is 2.31. The number of carbonyl (C=O) groups excluding carboxylic acids is 3. The van der Waals surface area contributed by atoms with E-state index >= 15 is 0 Å². The van der Waals surface area contributed by atoms with Gasteiger partial charge in [-0.25, -0.2) is 0 Å². The Morgan fingerprint density at radius 3 is 2.63 bits per heavy atom. The van der Waals surface area contributed by atoms with Crippen molar-refractivity contribution in [2.45, 2.75) is 30.6 Å². The molecule has 4 rings (SSSR count). The maximum Gasteiger partial charge on any atom is 0.253 e. The third-order valence-corrected chi connectivity index (χ3v) is 6.73. The molecule has 0 N–H and O–H groups in total. The number of hydrogen-bond acceptors (Lipinski definition) is 4. The van der Waals surface area contributed by atoms with Gasteiger partial charge in [-0.1, -0.05) is 24.3 Å². The van der Waals surface area contributed by atoms with E-state index in [2.05, 4.69) is 0 Å². The van der Waals surface area contributed by atoms with Crippen LogP contribution in [0.4, 0.5) is 5.69 Å². The number of thioether (sulfide) groups is 1. The molecule has 0 spiro atoms. The predicted octanol–water partition coefficient (Wildman–Crippen LogP) is 4.27. The predicted molar refractivity (Wildman–Crippen MR) is 119 cm³/mol. The highest BCUT2D eigenvalue weighted by atomic mass is 32.2. The molecule has 2 aliphatic heterocycles. The molecule has 5 nitrogen and oxygen atoms in total. The van der Waals surface area contributed by atoms with Crippen LogP contribution in [0.15, 0.2) is 53.4 Å². The molecule has 30 heavy (non-hydrogen) atoms. The quantitative estimate of drug-likeness (QED) is 0.533. The van der Waals surface area contributed by atoms with Gasteiger partial charge in [0, 0.05) is 53.7 Å². The SMILES string of the molecule is CSc1ccccc1C(=O)[C@H]1CCCN(C(=O)c2cccc(N3CCCC3=O)c2)C1. The van der Waals surface area contributed by atoms with Gasteiger partial charge in [0.2, 0.25) is 5.91 Å². The Morgan fingerprint density at radius 1 is 1.03 bits per heavy atom. The smallest absolute Gasteiger partial charge is 0.253 e. The lowest BCUT2D eigenvalue weighted by Crippen LogP contribution is -2.42. The minimum Gasteiger partial charge on any atom is -0.338 e. The maximum atomic E-state index is 13.2. The number of likely N-dealkylation sites (tertiary alicyclic amines) is 1. The average molecular weight is 423 g/mol. The number of ketones is 1. The van der Waals surface area contributed by atoms with Gasteiger partial charge in [-0.3, -0.25) is 14.4 Å². The van der Waals surface area contributed by atoms with Gasteiger partial charge >= 0.3 is 0 Å². The second kappa shape index (κ2) is 9.04. The van der Waals surface area contributed by atoms with Crippen LogP contribution in [0.3, 0.4) is 0 Å². The topological polar surface area (TPSA) is 57.7 Å². The van der Waals surface area contributed by atoms with Crippen LogP contribution in [-0.4, -0.2) is 48.4 Å². The monoisotopic (exact) mass is 422 g/mol. The molecule has 2 aromatic rings. The summed E-state index contributed by atoms with van der Waals surface area (Å²) in [6.45, 7) is 1.79. The lowest BCUT2D eigenvalue weighted by Gasteiger charge is -2.32. The fourth-order valence-electron chi connectivity index (χ4n) is 4.35. The van der Waals surface area contributed by atoms with E-state index in [1.165, 1.54) is 0 Å². The molecule has 2 aliphatic rings. The van der Waals surface area contributed by atoms with Crippen LogP contribution < -0.4 is 4.90 Å². The number of carbonyl (C=O) groups is 3. The Morgan fingerprint density at radius 2 is 1.87 bits per heavy atom. The van der Waals surface area contributed by atoms with Crippen molar-refractivity contribution in [3.8, 4) is 0 Å². The largest absolute Gasteiger partial charge is 0.338 e. The summed E-state index contributed by atoms with van der Waals surface area (Å²) in [5.74, 6) is -0.0250. The Balaban J connectivity index is 1.50. The first-order valence-corrected chi connectivity index (χ1v) is 11.7. The number of amides is 2. The Kier molecular flexibility index (Phi) is 6.23. The second-order valence-corrected chi connectivity index (χ2v) is 8.70. The number of anilines is 1. The minimum atomic E-state index is -0.181. The van der Waals surface area contributed by atoms with E-state index in [-0.39, 0.29) is 23.5 Å². The first-order chi connectivity index (χ1) is 14.6. The number of piperidine rings is 1. The van der Waals surface area contributed by atoms with Crippen molar-refractivity contribution in [2.75, 3.05) is 30.8 Å². The van der Waals surface area contributed by atoms with Gasteiger partial charge < -0.3 is 9.80 Å². The molecule has 0 radical (unpaired) electrons. The van der Waals surface area contributed by atoms with Gasteiger partial charge in [0.25, 0.3) is 5.91 Å². The summed E-state index contributed by atoms with van der Waals surface area (Å²) in [7, 11) is 0. The average Bonchev–Trinajstić information content (AvgIpc) is 3.24. The highest BCUT2D eigenvalue weighted by molar-refractivity contribution is 7.98. The maximum absolute atomic E-state index is 13.2. The van der Waals surface area contributed by atoms with Crippen LogP contribution in [0.5, 0.6) is 0 Å². The molecule has 2 heterocycles. The summed E-state index contributed by atoms with van der Waals surface area (Å²) in [5.41, 5.74) is 2.10. The van der Waals surface area contributed by atoms with Crippen molar-refractivity contribution in [3.63, 3.8) is 0 Å². The summed E-state index contributed by atoms with van der Waals surface area (Å²) in [4.78, 5) is 42.9. The van der Waals surface area contributed by atoms with Crippen molar-refractivity contribution in [1.29, 1.82) is 0 Å². The fourth-order valence-corrected chi connectivity index (χ4v) is 4.96. The summed E-state index contributed by atoms with van der Waals surface area (Å²) in [6.07, 6.45) is 5.00. The normalized spacial score (nSPS) is 19.2. The molecule has 2 fully saturated rings. The molecule has 0 unspecified atom stereocenters. The van der Waals surface area contributed by atoms with Gasteiger partial charge in [0.15, 0.2) is 5.78 Å². The zero-order chi connectivity index (χ0) is 21.1. The second-order valence-electron chi connectivity index (χ2n) is 7.85. The van der Waals surface area contributed by atoms with Crippen LogP contribution in [0, 0.1) is 5.92 Å². The molecule has 2 aromatic carbocycles. The molecular weight excluding hydrogens is 396 g/mol.